The molecule has 10 heavy (non-hydrogen) atoms. The molecule has 0 aromatic heterocycles. The van der Waals surface area contributed by atoms with Crippen molar-refractivity contribution < 1.29 is 0 Å². The Balaban J connectivity index is 2.51. The van der Waals surface area contributed by atoms with Crippen molar-refractivity contribution in [1.29, 1.82) is 0 Å². The lowest BCUT2D eigenvalue weighted by Crippen LogP contribution is -2.49. The van der Waals surface area contributed by atoms with Crippen LogP contribution in [0.4, 0.5) is 0 Å². The summed E-state index contributed by atoms with van der Waals surface area (Å²) in [4.78, 5) is 0. The van der Waals surface area contributed by atoms with Gasteiger partial charge in [-0.05, 0) is 18.9 Å². The van der Waals surface area contributed by atoms with Gasteiger partial charge in [-0.2, -0.15) is 0 Å². The minimum Gasteiger partial charge on any atom is -0.316 e. The third kappa shape index (κ3) is 1.50. The van der Waals surface area contributed by atoms with Gasteiger partial charge in [-0.1, -0.05) is 13.8 Å². The van der Waals surface area contributed by atoms with Crippen LogP contribution in [0.15, 0.2) is 0 Å². The maximum Gasteiger partial charge on any atom is 0.0199 e. The van der Waals surface area contributed by atoms with Gasteiger partial charge in [-0.25, -0.2) is 5.32 Å². The Labute approximate surface area is 63.4 Å². The molecule has 1 atom stereocenters. The monoisotopic (exact) mass is 141 g/mol. The zero-order chi connectivity index (χ0) is 7.61. The summed E-state index contributed by atoms with van der Waals surface area (Å²) in [6.45, 7) is 6.60. The van der Waals surface area contributed by atoms with Crippen molar-refractivity contribution in [1.82, 2.24) is 10.6 Å². The van der Waals surface area contributed by atoms with Gasteiger partial charge in [0.1, 0.15) is 0 Å². The topological polar surface area (TPSA) is 26.1 Å². The normalized spacial score (nSPS) is 32.1. The highest BCUT2D eigenvalue weighted by molar-refractivity contribution is 4.88. The number of rotatable bonds is 1. The molecular weight excluding hydrogens is 124 g/mol. The van der Waals surface area contributed by atoms with Crippen LogP contribution in [0.2, 0.25) is 0 Å². The van der Waals surface area contributed by atoms with E-state index < -0.39 is 0 Å². The van der Waals surface area contributed by atoms with Gasteiger partial charge >= 0.3 is 0 Å². The summed E-state index contributed by atoms with van der Waals surface area (Å²) in [5, 5.41) is 7.72. The highest BCUT2D eigenvalue weighted by atomic mass is 15.0. The van der Waals surface area contributed by atoms with Gasteiger partial charge in [-0.3, -0.25) is 0 Å². The van der Waals surface area contributed by atoms with Gasteiger partial charge in [0, 0.05) is 19.1 Å². The Morgan fingerprint density at radius 1 is 1.50 bits per heavy atom. The van der Waals surface area contributed by atoms with Crippen LogP contribution < -0.4 is 10.6 Å². The molecule has 2 nitrogen and oxygen atoms in total. The fourth-order valence-electron chi connectivity index (χ4n) is 1.62. The maximum atomic E-state index is 4.39. The zero-order valence-corrected chi connectivity index (χ0v) is 7.15. The summed E-state index contributed by atoms with van der Waals surface area (Å²) in [6.07, 6.45) is 1.20. The van der Waals surface area contributed by atoms with Crippen LogP contribution >= 0.6 is 0 Å². The van der Waals surface area contributed by atoms with Gasteiger partial charge in [0.2, 0.25) is 0 Å². The first-order valence-electron chi connectivity index (χ1n) is 3.97. The molecule has 59 valence electrons. The molecule has 0 aliphatic carbocycles. The van der Waals surface area contributed by atoms with E-state index in [-0.39, 0.29) is 0 Å². The molecule has 1 aliphatic heterocycles. The average molecular weight is 141 g/mol. The van der Waals surface area contributed by atoms with E-state index in [4.69, 9.17) is 0 Å². The third-order valence-electron chi connectivity index (χ3n) is 2.39. The summed E-state index contributed by atoms with van der Waals surface area (Å²) >= 11 is 0. The standard InChI is InChI=1S/C8H17N2/c1-8(2)6-10-5-4-7(8)9-3/h7,9H,4-6H2,1-3H3. The van der Waals surface area contributed by atoms with E-state index in [0.717, 1.165) is 13.1 Å². The molecule has 1 unspecified atom stereocenters. The lowest BCUT2D eigenvalue weighted by atomic mass is 9.80. The second-order valence-corrected chi connectivity index (χ2v) is 3.72. The highest BCUT2D eigenvalue weighted by Gasteiger charge is 2.31. The van der Waals surface area contributed by atoms with Gasteiger partial charge in [0.15, 0.2) is 0 Å². The molecule has 0 aromatic rings. The molecule has 1 saturated heterocycles. The molecule has 0 bridgehead atoms. The van der Waals surface area contributed by atoms with E-state index in [1.54, 1.807) is 0 Å². The van der Waals surface area contributed by atoms with Crippen molar-refractivity contribution in [3.63, 3.8) is 0 Å². The summed E-state index contributed by atoms with van der Waals surface area (Å²) in [5.74, 6) is 0. The summed E-state index contributed by atoms with van der Waals surface area (Å²) in [6, 6.07) is 0.657. The van der Waals surface area contributed by atoms with E-state index in [2.05, 4.69) is 24.5 Å². The molecule has 2 heteroatoms. The maximum absolute atomic E-state index is 4.39. The second-order valence-electron chi connectivity index (χ2n) is 3.72. The molecular formula is C8H17N2. The van der Waals surface area contributed by atoms with Crippen LogP contribution in [0.5, 0.6) is 0 Å². The quantitative estimate of drug-likeness (QED) is 0.569. The van der Waals surface area contributed by atoms with Crippen LogP contribution in [0.1, 0.15) is 20.3 Å². The van der Waals surface area contributed by atoms with Gasteiger partial charge in [-0.15, -0.1) is 0 Å². The predicted molar refractivity (Wildman–Crippen MR) is 43.1 cm³/mol. The Hall–Kier alpha value is -0.0800. The van der Waals surface area contributed by atoms with E-state index >= 15 is 0 Å². The molecule has 0 saturated carbocycles. The molecule has 1 aliphatic rings. The SMILES string of the molecule is CNC1CC[N]CC1(C)C. The predicted octanol–water partition coefficient (Wildman–Crippen LogP) is 0.609. The van der Waals surface area contributed by atoms with E-state index in [0.29, 0.717) is 11.5 Å². The lowest BCUT2D eigenvalue weighted by Gasteiger charge is -2.37. The average Bonchev–Trinajstić information content (AvgIpc) is 1.87. The molecule has 1 N–H and O–H groups in total. The Bertz CT molecular complexity index is 110. The third-order valence-corrected chi connectivity index (χ3v) is 2.39. The van der Waals surface area contributed by atoms with Crippen LogP contribution in [-0.4, -0.2) is 26.2 Å². The van der Waals surface area contributed by atoms with E-state index in [1.165, 1.54) is 6.42 Å². The highest BCUT2D eigenvalue weighted by Crippen LogP contribution is 2.24. The molecule has 0 aromatic carbocycles. The molecule has 1 rings (SSSR count). The smallest absolute Gasteiger partial charge is 0.0199 e. The van der Waals surface area contributed by atoms with E-state index in [9.17, 15) is 0 Å². The lowest BCUT2D eigenvalue weighted by molar-refractivity contribution is 0.191. The summed E-state index contributed by atoms with van der Waals surface area (Å²) in [5.41, 5.74) is 0.368. The number of hydrogen-bond donors (Lipinski definition) is 1. The molecule has 1 radical (unpaired) electrons. The molecule has 0 spiro atoms. The van der Waals surface area contributed by atoms with Gasteiger partial charge in [0.05, 0.1) is 0 Å². The molecule has 1 heterocycles. The minimum atomic E-state index is 0.368. The van der Waals surface area contributed by atoms with Crippen molar-refractivity contribution in [3.05, 3.63) is 0 Å². The van der Waals surface area contributed by atoms with Crippen molar-refractivity contribution >= 4 is 0 Å². The van der Waals surface area contributed by atoms with Gasteiger partial charge < -0.3 is 5.32 Å². The Morgan fingerprint density at radius 2 is 2.20 bits per heavy atom. The Morgan fingerprint density at radius 3 is 2.60 bits per heavy atom. The zero-order valence-electron chi connectivity index (χ0n) is 7.15. The largest absolute Gasteiger partial charge is 0.316 e. The van der Waals surface area contributed by atoms with Crippen molar-refractivity contribution in [2.45, 2.75) is 26.3 Å². The minimum absolute atomic E-state index is 0.368. The number of nitrogens with one attached hydrogen (secondary N) is 1. The summed E-state index contributed by atoms with van der Waals surface area (Å²) < 4.78 is 0. The van der Waals surface area contributed by atoms with Crippen molar-refractivity contribution in [2.75, 3.05) is 20.1 Å². The first kappa shape index (κ1) is 8.02. The number of nitrogens with zero attached hydrogens (tertiary/aromatic N) is 1. The van der Waals surface area contributed by atoms with Crippen LogP contribution in [0.25, 0.3) is 0 Å². The van der Waals surface area contributed by atoms with Crippen molar-refractivity contribution in [2.24, 2.45) is 5.41 Å². The first-order chi connectivity index (χ1) is 4.67. The first-order valence-corrected chi connectivity index (χ1v) is 3.97. The van der Waals surface area contributed by atoms with Gasteiger partial charge in [0.25, 0.3) is 0 Å². The Kier molecular flexibility index (Phi) is 2.32. The van der Waals surface area contributed by atoms with Crippen molar-refractivity contribution in [3.8, 4) is 0 Å². The number of hydrogen-bond acceptors (Lipinski definition) is 1. The van der Waals surface area contributed by atoms with E-state index in [1.807, 2.05) is 7.05 Å². The van der Waals surface area contributed by atoms with Crippen LogP contribution in [-0.2, 0) is 0 Å². The number of piperidine rings is 1. The molecule has 0 amide bonds. The second kappa shape index (κ2) is 2.89. The summed E-state index contributed by atoms with van der Waals surface area (Å²) in [7, 11) is 2.04. The van der Waals surface area contributed by atoms with Crippen LogP contribution in [0.3, 0.4) is 0 Å². The van der Waals surface area contributed by atoms with Crippen LogP contribution in [0, 0.1) is 5.41 Å². The fraction of sp³-hybridized carbons (Fsp3) is 1.00. The fourth-order valence-corrected chi connectivity index (χ4v) is 1.62. The molecule has 1 fully saturated rings.